The minimum Gasteiger partial charge on any atom is -0.348 e. The molecule has 244 valence electrons. The van der Waals surface area contributed by atoms with Crippen molar-refractivity contribution in [3.05, 3.63) is 137 Å². The third kappa shape index (κ3) is 9.02. The van der Waals surface area contributed by atoms with E-state index in [1.165, 1.54) is 17.2 Å². The summed E-state index contributed by atoms with van der Waals surface area (Å²) in [6, 6.07) is 32.0. The highest BCUT2D eigenvalue weighted by atomic mass is 19.1. The molecule has 0 radical (unpaired) electrons. The molecule has 2 heterocycles. The molecule has 47 heavy (non-hydrogen) atoms. The Balaban J connectivity index is 1.01. The molecule has 2 aliphatic rings. The van der Waals surface area contributed by atoms with Crippen LogP contribution < -0.4 is 10.6 Å². The Morgan fingerprint density at radius 2 is 1.49 bits per heavy atom. The summed E-state index contributed by atoms with van der Waals surface area (Å²) >= 11 is 0. The minimum atomic E-state index is -0.261. The number of nitrogens with zero attached hydrogens (tertiary/aromatic N) is 3. The van der Waals surface area contributed by atoms with Crippen LogP contribution in [0.15, 0.2) is 104 Å². The van der Waals surface area contributed by atoms with E-state index in [1.54, 1.807) is 6.07 Å². The van der Waals surface area contributed by atoms with Crippen LogP contribution >= 0.6 is 0 Å². The maximum Gasteiger partial charge on any atom is 0.251 e. The first kappa shape index (κ1) is 32.8. The van der Waals surface area contributed by atoms with E-state index in [2.05, 4.69) is 81.3 Å². The second-order valence-electron chi connectivity index (χ2n) is 13.0. The van der Waals surface area contributed by atoms with E-state index in [4.69, 9.17) is 0 Å². The van der Waals surface area contributed by atoms with Gasteiger partial charge < -0.3 is 10.6 Å². The van der Waals surface area contributed by atoms with Gasteiger partial charge in [-0.05, 0) is 70.6 Å². The van der Waals surface area contributed by atoms with Crippen LogP contribution in [-0.4, -0.2) is 79.0 Å². The van der Waals surface area contributed by atoms with Gasteiger partial charge in [-0.1, -0.05) is 73.3 Å². The number of hydrogen-bond acceptors (Lipinski definition) is 5. The molecule has 1 atom stereocenters. The van der Waals surface area contributed by atoms with Gasteiger partial charge in [-0.25, -0.2) is 4.39 Å². The molecule has 2 saturated heterocycles. The largest absolute Gasteiger partial charge is 0.348 e. The number of carbonyl (C=O) groups excluding carboxylic acids is 1. The SMILES string of the molecule is C=C(CN1CCN(Cc2cccc(C(=O)NCc3ccc(F)c(-c4cccc(CN5CCN[C@@H](C)C5)c4)c3)c2)CC1)c1ccccc1. The van der Waals surface area contributed by atoms with Crippen LogP contribution in [0.25, 0.3) is 16.7 Å². The third-order valence-corrected chi connectivity index (χ3v) is 9.24. The van der Waals surface area contributed by atoms with Crippen molar-refractivity contribution in [1.29, 1.82) is 0 Å². The van der Waals surface area contributed by atoms with Crippen molar-refractivity contribution >= 4 is 11.5 Å². The molecule has 4 aromatic carbocycles. The summed E-state index contributed by atoms with van der Waals surface area (Å²) in [7, 11) is 0. The Morgan fingerprint density at radius 3 is 2.28 bits per heavy atom. The van der Waals surface area contributed by atoms with E-state index < -0.39 is 0 Å². The molecule has 4 aromatic rings. The molecule has 1 amide bonds. The van der Waals surface area contributed by atoms with Crippen LogP contribution in [0, 0.1) is 5.82 Å². The maximum atomic E-state index is 15.0. The lowest BCUT2D eigenvalue weighted by Gasteiger charge is -2.35. The van der Waals surface area contributed by atoms with Gasteiger partial charge in [0.15, 0.2) is 0 Å². The summed E-state index contributed by atoms with van der Waals surface area (Å²) in [6.45, 7) is 16.3. The Kier molecular flexibility index (Phi) is 10.9. The molecule has 0 bridgehead atoms. The molecule has 7 heteroatoms. The highest BCUT2D eigenvalue weighted by molar-refractivity contribution is 5.94. The van der Waals surface area contributed by atoms with Gasteiger partial charge in [0.2, 0.25) is 0 Å². The van der Waals surface area contributed by atoms with Crippen molar-refractivity contribution in [2.24, 2.45) is 0 Å². The first-order valence-corrected chi connectivity index (χ1v) is 16.8. The van der Waals surface area contributed by atoms with Gasteiger partial charge in [0, 0.05) is 89.2 Å². The first-order valence-electron chi connectivity index (χ1n) is 16.8. The Labute approximate surface area is 278 Å². The number of nitrogens with one attached hydrogen (secondary N) is 2. The lowest BCUT2D eigenvalue weighted by Crippen LogP contribution is -2.48. The van der Waals surface area contributed by atoms with E-state index >= 15 is 4.39 Å². The fraction of sp³-hybridized carbons (Fsp3) is 0.325. The van der Waals surface area contributed by atoms with Crippen molar-refractivity contribution in [2.45, 2.75) is 32.6 Å². The smallest absolute Gasteiger partial charge is 0.251 e. The lowest BCUT2D eigenvalue weighted by molar-refractivity contribution is 0.0950. The van der Waals surface area contributed by atoms with Crippen molar-refractivity contribution in [3.8, 4) is 11.1 Å². The molecule has 2 aliphatic heterocycles. The Morgan fingerprint density at radius 1 is 0.787 bits per heavy atom. The summed E-state index contributed by atoms with van der Waals surface area (Å²) < 4.78 is 15.0. The number of amides is 1. The fourth-order valence-corrected chi connectivity index (χ4v) is 6.65. The standard InChI is InChI=1S/C40H46FN5O/c1-30(35-10-4-3-5-11-35)26-44-18-20-45(21-19-44)28-34-9-7-13-37(23-34)40(47)43-25-32-14-15-39(41)38(24-32)36-12-6-8-33(22-36)29-46-17-16-42-31(2)27-46/h3-15,22-24,31,42H,1,16-21,25-29H2,2H3,(H,43,47)/t31-/m0/s1. The third-order valence-electron chi connectivity index (χ3n) is 9.24. The van der Waals surface area contributed by atoms with Crippen LogP contribution in [0.1, 0.15) is 39.5 Å². The van der Waals surface area contributed by atoms with Crippen molar-refractivity contribution in [3.63, 3.8) is 0 Å². The quantitative estimate of drug-likeness (QED) is 0.211. The van der Waals surface area contributed by atoms with Crippen LogP contribution in [0.2, 0.25) is 0 Å². The van der Waals surface area contributed by atoms with E-state index in [0.29, 0.717) is 23.7 Å². The number of hydrogen-bond donors (Lipinski definition) is 2. The second kappa shape index (κ2) is 15.6. The average molecular weight is 632 g/mol. The zero-order chi connectivity index (χ0) is 32.6. The lowest BCUT2D eigenvalue weighted by atomic mass is 10.00. The molecule has 2 N–H and O–H groups in total. The van der Waals surface area contributed by atoms with Crippen molar-refractivity contribution in [1.82, 2.24) is 25.3 Å². The second-order valence-corrected chi connectivity index (χ2v) is 13.0. The molecular weight excluding hydrogens is 585 g/mol. The van der Waals surface area contributed by atoms with Gasteiger partial charge in [-0.3, -0.25) is 19.5 Å². The van der Waals surface area contributed by atoms with Crippen LogP contribution in [0.3, 0.4) is 0 Å². The Hall–Kier alpha value is -4.14. The molecular formula is C40H46FN5O. The normalized spacial score (nSPS) is 17.8. The highest BCUT2D eigenvalue weighted by Crippen LogP contribution is 2.26. The van der Waals surface area contributed by atoms with E-state index in [9.17, 15) is 4.79 Å². The summed E-state index contributed by atoms with van der Waals surface area (Å²) in [6.07, 6.45) is 0. The molecule has 2 fully saturated rings. The van der Waals surface area contributed by atoms with E-state index in [1.807, 2.05) is 42.5 Å². The van der Waals surface area contributed by atoms with Gasteiger partial charge in [0.25, 0.3) is 5.91 Å². The summed E-state index contributed by atoms with van der Waals surface area (Å²) in [5.41, 5.74) is 7.55. The number of benzene rings is 4. The molecule has 6 nitrogen and oxygen atoms in total. The molecule has 0 aliphatic carbocycles. The maximum absolute atomic E-state index is 15.0. The molecule has 0 saturated carbocycles. The topological polar surface area (TPSA) is 50.9 Å². The van der Waals surface area contributed by atoms with Gasteiger partial charge >= 0.3 is 0 Å². The Bertz CT molecular complexity index is 1670. The zero-order valence-corrected chi connectivity index (χ0v) is 27.4. The molecule has 0 aromatic heterocycles. The summed E-state index contributed by atoms with van der Waals surface area (Å²) in [5, 5.41) is 6.53. The van der Waals surface area contributed by atoms with Gasteiger partial charge in [-0.2, -0.15) is 0 Å². The van der Waals surface area contributed by atoms with Crippen molar-refractivity contribution < 1.29 is 9.18 Å². The number of halogens is 1. The van der Waals surface area contributed by atoms with Gasteiger partial charge in [0.1, 0.15) is 5.82 Å². The number of carbonyl (C=O) groups is 1. The predicted octanol–water partition coefficient (Wildman–Crippen LogP) is 6.05. The van der Waals surface area contributed by atoms with E-state index in [0.717, 1.165) is 87.7 Å². The van der Waals surface area contributed by atoms with E-state index in [-0.39, 0.29) is 11.7 Å². The zero-order valence-electron chi connectivity index (χ0n) is 27.4. The summed E-state index contributed by atoms with van der Waals surface area (Å²) in [5.74, 6) is -0.392. The molecule has 6 rings (SSSR count). The minimum absolute atomic E-state index is 0.130. The average Bonchev–Trinajstić information content (AvgIpc) is 3.09. The molecule has 0 unspecified atom stereocenters. The summed E-state index contributed by atoms with van der Waals surface area (Å²) in [4.78, 5) is 20.5. The predicted molar refractivity (Wildman–Crippen MR) is 189 cm³/mol. The first-order chi connectivity index (χ1) is 22.9. The number of rotatable bonds is 11. The monoisotopic (exact) mass is 631 g/mol. The van der Waals surface area contributed by atoms with Crippen molar-refractivity contribution in [2.75, 3.05) is 52.4 Å². The number of piperazine rings is 2. The van der Waals surface area contributed by atoms with Crippen LogP contribution in [0.5, 0.6) is 0 Å². The van der Waals surface area contributed by atoms with Crippen LogP contribution in [0.4, 0.5) is 4.39 Å². The molecule has 0 spiro atoms. The van der Waals surface area contributed by atoms with Crippen LogP contribution in [-0.2, 0) is 19.6 Å². The highest BCUT2D eigenvalue weighted by Gasteiger charge is 2.19. The van der Waals surface area contributed by atoms with Gasteiger partial charge in [-0.15, -0.1) is 0 Å². The van der Waals surface area contributed by atoms with Gasteiger partial charge in [0.05, 0.1) is 0 Å². The fourth-order valence-electron chi connectivity index (χ4n) is 6.65.